The van der Waals surface area contributed by atoms with Gasteiger partial charge < -0.3 is 5.73 Å². The van der Waals surface area contributed by atoms with Gasteiger partial charge in [-0.25, -0.2) is 9.37 Å². The monoisotopic (exact) mass is 230 g/mol. The van der Waals surface area contributed by atoms with Gasteiger partial charge in [-0.05, 0) is 5.41 Å². The standard InChI is InChI=1S/C10H12ClFN2O/c1-10(2,3)6-5(9(13)15)4-14-8(11)7(6)12/h4H,1-3H3,(H2,13,15). The van der Waals surface area contributed by atoms with Crippen LogP contribution in [0.5, 0.6) is 0 Å². The zero-order valence-electron chi connectivity index (χ0n) is 8.77. The highest BCUT2D eigenvalue weighted by atomic mass is 35.5. The predicted molar refractivity (Wildman–Crippen MR) is 56.4 cm³/mol. The van der Waals surface area contributed by atoms with Gasteiger partial charge in [-0.2, -0.15) is 0 Å². The van der Waals surface area contributed by atoms with Crippen molar-refractivity contribution in [2.45, 2.75) is 26.2 Å². The smallest absolute Gasteiger partial charge is 0.250 e. The summed E-state index contributed by atoms with van der Waals surface area (Å²) in [5, 5.41) is -0.245. The largest absolute Gasteiger partial charge is 0.366 e. The molecule has 0 atom stereocenters. The van der Waals surface area contributed by atoms with Crippen molar-refractivity contribution in [2.75, 3.05) is 0 Å². The molecule has 0 unspecified atom stereocenters. The maximum atomic E-state index is 13.7. The molecule has 1 heterocycles. The quantitative estimate of drug-likeness (QED) is 0.753. The number of nitrogens with zero attached hydrogens (tertiary/aromatic N) is 1. The minimum Gasteiger partial charge on any atom is -0.366 e. The van der Waals surface area contributed by atoms with Crippen LogP contribution in [0.25, 0.3) is 0 Å². The van der Waals surface area contributed by atoms with Crippen molar-refractivity contribution in [1.82, 2.24) is 4.98 Å². The van der Waals surface area contributed by atoms with Gasteiger partial charge in [-0.3, -0.25) is 4.79 Å². The molecule has 15 heavy (non-hydrogen) atoms. The maximum Gasteiger partial charge on any atom is 0.250 e. The number of hydrogen-bond acceptors (Lipinski definition) is 2. The van der Waals surface area contributed by atoms with Crippen LogP contribution in [0.15, 0.2) is 6.20 Å². The summed E-state index contributed by atoms with van der Waals surface area (Å²) < 4.78 is 13.7. The van der Waals surface area contributed by atoms with Gasteiger partial charge in [0.25, 0.3) is 5.91 Å². The lowest BCUT2D eigenvalue weighted by Crippen LogP contribution is -2.23. The Bertz CT molecular complexity index is 413. The molecule has 0 aliphatic rings. The number of hydrogen-bond donors (Lipinski definition) is 1. The molecule has 2 N–H and O–H groups in total. The van der Waals surface area contributed by atoms with Gasteiger partial charge in [-0.1, -0.05) is 32.4 Å². The number of primary amides is 1. The molecule has 0 fully saturated rings. The van der Waals surface area contributed by atoms with E-state index in [0.29, 0.717) is 0 Å². The summed E-state index contributed by atoms with van der Waals surface area (Å²) in [6.45, 7) is 5.32. The summed E-state index contributed by atoms with van der Waals surface area (Å²) in [4.78, 5) is 14.7. The fourth-order valence-corrected chi connectivity index (χ4v) is 1.53. The summed E-state index contributed by atoms with van der Waals surface area (Å²) in [5.41, 5.74) is 4.86. The second-order valence-electron chi connectivity index (χ2n) is 4.27. The number of aromatic nitrogens is 1. The Morgan fingerprint density at radius 3 is 2.47 bits per heavy atom. The van der Waals surface area contributed by atoms with Crippen molar-refractivity contribution in [1.29, 1.82) is 0 Å². The molecular weight excluding hydrogens is 219 g/mol. The molecule has 0 aliphatic carbocycles. The molecule has 0 spiro atoms. The van der Waals surface area contributed by atoms with Crippen LogP contribution in [0.1, 0.15) is 36.7 Å². The van der Waals surface area contributed by atoms with Crippen molar-refractivity contribution in [2.24, 2.45) is 5.73 Å². The topological polar surface area (TPSA) is 56.0 Å². The Morgan fingerprint density at radius 1 is 1.53 bits per heavy atom. The number of carbonyl (C=O) groups is 1. The molecule has 0 aromatic carbocycles. The Hall–Kier alpha value is -1.16. The van der Waals surface area contributed by atoms with E-state index in [2.05, 4.69) is 4.98 Å². The van der Waals surface area contributed by atoms with Crippen molar-refractivity contribution in [3.05, 3.63) is 28.3 Å². The van der Waals surface area contributed by atoms with E-state index in [0.717, 1.165) is 0 Å². The van der Waals surface area contributed by atoms with Crippen molar-refractivity contribution in [3.63, 3.8) is 0 Å². The van der Waals surface area contributed by atoms with Gasteiger partial charge in [0.2, 0.25) is 0 Å². The molecule has 82 valence electrons. The Balaban J connectivity index is 3.57. The fourth-order valence-electron chi connectivity index (χ4n) is 1.38. The second-order valence-corrected chi connectivity index (χ2v) is 4.62. The molecule has 3 nitrogen and oxygen atoms in total. The summed E-state index contributed by atoms with van der Waals surface area (Å²) in [6, 6.07) is 0. The molecule has 1 aromatic rings. The zero-order chi connectivity index (χ0) is 11.8. The van der Waals surface area contributed by atoms with Gasteiger partial charge in [0.15, 0.2) is 11.0 Å². The van der Waals surface area contributed by atoms with Crippen LogP contribution in [0.3, 0.4) is 0 Å². The number of halogens is 2. The summed E-state index contributed by atoms with van der Waals surface area (Å²) in [7, 11) is 0. The van der Waals surface area contributed by atoms with Crippen LogP contribution in [0.4, 0.5) is 4.39 Å². The second kappa shape index (κ2) is 3.77. The van der Waals surface area contributed by atoms with Crippen LogP contribution >= 0.6 is 11.6 Å². The first-order valence-corrected chi connectivity index (χ1v) is 4.77. The first-order chi connectivity index (χ1) is 6.75. The maximum absolute atomic E-state index is 13.7. The highest BCUT2D eigenvalue weighted by molar-refractivity contribution is 6.29. The summed E-state index contributed by atoms with van der Waals surface area (Å²) in [6.07, 6.45) is 1.20. The fraction of sp³-hybridized carbons (Fsp3) is 0.400. The Morgan fingerprint density at radius 2 is 2.07 bits per heavy atom. The average molecular weight is 231 g/mol. The molecule has 0 aliphatic heterocycles. The van der Waals surface area contributed by atoms with E-state index in [1.807, 2.05) is 0 Å². The number of pyridine rings is 1. The van der Waals surface area contributed by atoms with Crippen LogP contribution in [0.2, 0.25) is 5.15 Å². The van der Waals surface area contributed by atoms with Gasteiger partial charge in [0.05, 0.1) is 5.56 Å². The van der Waals surface area contributed by atoms with Gasteiger partial charge in [-0.15, -0.1) is 0 Å². The first-order valence-electron chi connectivity index (χ1n) is 4.39. The number of carbonyl (C=O) groups excluding carboxylic acids is 1. The Kier molecular flexibility index (Phi) is 3.00. The van der Waals surface area contributed by atoms with Crippen LogP contribution in [0, 0.1) is 5.82 Å². The summed E-state index contributed by atoms with van der Waals surface area (Å²) >= 11 is 5.56. The van der Waals surface area contributed by atoms with Crippen molar-refractivity contribution < 1.29 is 9.18 Å². The van der Waals surface area contributed by atoms with Crippen molar-refractivity contribution >= 4 is 17.5 Å². The predicted octanol–water partition coefficient (Wildman–Crippen LogP) is 2.27. The van der Waals surface area contributed by atoms with E-state index in [-0.39, 0.29) is 16.3 Å². The van der Waals surface area contributed by atoms with E-state index in [9.17, 15) is 9.18 Å². The zero-order valence-corrected chi connectivity index (χ0v) is 9.52. The number of rotatable bonds is 1. The van der Waals surface area contributed by atoms with E-state index in [4.69, 9.17) is 17.3 Å². The van der Waals surface area contributed by atoms with E-state index in [1.54, 1.807) is 20.8 Å². The normalized spacial score (nSPS) is 11.5. The molecule has 0 saturated heterocycles. The highest BCUT2D eigenvalue weighted by Crippen LogP contribution is 2.30. The van der Waals surface area contributed by atoms with Crippen LogP contribution in [-0.2, 0) is 5.41 Å². The molecule has 1 aromatic heterocycles. The lowest BCUT2D eigenvalue weighted by atomic mass is 9.84. The van der Waals surface area contributed by atoms with E-state index in [1.165, 1.54) is 6.20 Å². The molecule has 0 bridgehead atoms. The van der Waals surface area contributed by atoms with Gasteiger partial charge in [0, 0.05) is 11.8 Å². The highest BCUT2D eigenvalue weighted by Gasteiger charge is 2.26. The molecule has 0 radical (unpaired) electrons. The third-order valence-corrected chi connectivity index (χ3v) is 2.26. The van der Waals surface area contributed by atoms with Crippen molar-refractivity contribution in [3.8, 4) is 0 Å². The molecule has 1 rings (SSSR count). The first kappa shape index (κ1) is 11.9. The number of amides is 1. The minimum atomic E-state index is -0.706. The minimum absolute atomic E-state index is 0.0735. The molecule has 5 heteroatoms. The van der Waals surface area contributed by atoms with Gasteiger partial charge in [0.1, 0.15) is 0 Å². The molecular formula is C10H12ClFN2O. The Labute approximate surface area is 92.4 Å². The van der Waals surface area contributed by atoms with Crippen LogP contribution < -0.4 is 5.73 Å². The molecule has 0 saturated carbocycles. The third-order valence-electron chi connectivity index (χ3n) is 1.99. The number of nitrogens with two attached hydrogens (primary N) is 1. The van der Waals surface area contributed by atoms with Crippen LogP contribution in [-0.4, -0.2) is 10.9 Å². The SMILES string of the molecule is CC(C)(C)c1c(C(N)=O)cnc(Cl)c1F. The average Bonchev–Trinajstić information content (AvgIpc) is 2.06. The lowest BCUT2D eigenvalue weighted by Gasteiger charge is -2.22. The molecule has 1 amide bonds. The third kappa shape index (κ3) is 2.26. The van der Waals surface area contributed by atoms with E-state index < -0.39 is 17.1 Å². The lowest BCUT2D eigenvalue weighted by molar-refractivity contribution is 0.0997. The summed E-state index contributed by atoms with van der Waals surface area (Å²) in [5.74, 6) is -1.39. The van der Waals surface area contributed by atoms with Gasteiger partial charge >= 0.3 is 0 Å². The van der Waals surface area contributed by atoms with E-state index >= 15 is 0 Å².